The first-order valence-electron chi connectivity index (χ1n) is 6.54. The molecule has 7 heteroatoms. The quantitative estimate of drug-likeness (QED) is 0.631. The van der Waals surface area contributed by atoms with Gasteiger partial charge in [0, 0.05) is 37.8 Å². The van der Waals surface area contributed by atoms with Crippen LogP contribution in [0.5, 0.6) is 0 Å². The van der Waals surface area contributed by atoms with Gasteiger partial charge in [-0.2, -0.15) is 0 Å². The summed E-state index contributed by atoms with van der Waals surface area (Å²) in [5, 5.41) is 13.7. The number of carbonyl (C=O) groups excluding carboxylic acids is 1. The van der Waals surface area contributed by atoms with E-state index in [9.17, 15) is 14.9 Å². The van der Waals surface area contributed by atoms with E-state index in [1.165, 1.54) is 13.1 Å². The van der Waals surface area contributed by atoms with E-state index >= 15 is 0 Å². The number of rotatable bonds is 3. The van der Waals surface area contributed by atoms with Gasteiger partial charge in [0.15, 0.2) is 0 Å². The van der Waals surface area contributed by atoms with Crippen molar-refractivity contribution in [2.24, 2.45) is 5.73 Å². The van der Waals surface area contributed by atoms with Crippen LogP contribution in [0, 0.1) is 10.1 Å². The summed E-state index contributed by atoms with van der Waals surface area (Å²) in [6, 6.07) is 4.57. The standard InChI is InChI=1S/C13H18N4O3/c1-15-13(18)9-4-5-11(12(7-9)17(19)20)16-6-2-3-10(14)8-16/h4-5,7,10H,2-3,6,8,14H2,1H3,(H,15,18). The molecule has 0 aliphatic carbocycles. The number of nitrogens with zero attached hydrogens (tertiary/aromatic N) is 2. The number of anilines is 1. The van der Waals surface area contributed by atoms with E-state index in [-0.39, 0.29) is 23.2 Å². The summed E-state index contributed by atoms with van der Waals surface area (Å²) in [7, 11) is 1.49. The molecule has 108 valence electrons. The molecule has 2 rings (SSSR count). The molecule has 1 atom stereocenters. The van der Waals surface area contributed by atoms with E-state index in [2.05, 4.69) is 5.32 Å². The molecule has 0 spiro atoms. The first-order chi connectivity index (χ1) is 9.52. The molecular formula is C13H18N4O3. The second kappa shape index (κ2) is 5.87. The van der Waals surface area contributed by atoms with E-state index in [1.54, 1.807) is 12.1 Å². The Balaban J connectivity index is 2.37. The summed E-state index contributed by atoms with van der Waals surface area (Å²) in [6.45, 7) is 1.34. The molecule has 1 aromatic carbocycles. The molecule has 1 fully saturated rings. The summed E-state index contributed by atoms with van der Waals surface area (Å²) in [6.07, 6.45) is 1.84. The normalized spacial score (nSPS) is 18.7. The number of nitro benzene ring substituents is 1. The van der Waals surface area contributed by atoms with Gasteiger partial charge < -0.3 is 16.0 Å². The Morgan fingerprint density at radius 1 is 1.55 bits per heavy atom. The first-order valence-corrected chi connectivity index (χ1v) is 6.54. The van der Waals surface area contributed by atoms with Crippen LogP contribution in [0.4, 0.5) is 11.4 Å². The molecule has 0 bridgehead atoms. The number of piperidine rings is 1. The Labute approximate surface area is 116 Å². The molecule has 1 aliphatic rings. The molecular weight excluding hydrogens is 260 g/mol. The average Bonchev–Trinajstić information content (AvgIpc) is 2.45. The molecule has 1 heterocycles. The van der Waals surface area contributed by atoms with Crippen LogP contribution in [0.2, 0.25) is 0 Å². The summed E-state index contributed by atoms with van der Waals surface area (Å²) in [5.41, 5.74) is 6.66. The molecule has 7 nitrogen and oxygen atoms in total. The highest BCUT2D eigenvalue weighted by atomic mass is 16.6. The van der Waals surface area contributed by atoms with Gasteiger partial charge >= 0.3 is 0 Å². The molecule has 1 aromatic rings. The van der Waals surface area contributed by atoms with Gasteiger partial charge in [0.25, 0.3) is 11.6 Å². The minimum atomic E-state index is -0.456. The van der Waals surface area contributed by atoms with Gasteiger partial charge in [-0.3, -0.25) is 14.9 Å². The maximum Gasteiger partial charge on any atom is 0.293 e. The first kappa shape index (κ1) is 14.3. The predicted octanol–water partition coefficient (Wildman–Crippen LogP) is 0.882. The average molecular weight is 278 g/mol. The van der Waals surface area contributed by atoms with Gasteiger partial charge in [-0.15, -0.1) is 0 Å². The summed E-state index contributed by atoms with van der Waals surface area (Å²) in [4.78, 5) is 24.2. The van der Waals surface area contributed by atoms with Crippen molar-refractivity contribution in [1.82, 2.24) is 5.32 Å². The van der Waals surface area contributed by atoms with E-state index < -0.39 is 4.92 Å². The summed E-state index contributed by atoms with van der Waals surface area (Å²) >= 11 is 0. The van der Waals surface area contributed by atoms with Crippen LogP contribution in [0.1, 0.15) is 23.2 Å². The van der Waals surface area contributed by atoms with Crippen molar-refractivity contribution in [2.75, 3.05) is 25.0 Å². The van der Waals surface area contributed by atoms with Crippen LogP contribution in [0.3, 0.4) is 0 Å². The smallest absolute Gasteiger partial charge is 0.293 e. The molecule has 20 heavy (non-hydrogen) atoms. The van der Waals surface area contributed by atoms with Crippen molar-refractivity contribution in [3.05, 3.63) is 33.9 Å². The van der Waals surface area contributed by atoms with Gasteiger partial charge in [-0.1, -0.05) is 0 Å². The van der Waals surface area contributed by atoms with Crippen molar-refractivity contribution in [2.45, 2.75) is 18.9 Å². The molecule has 0 radical (unpaired) electrons. The Kier molecular flexibility index (Phi) is 4.19. The van der Waals surface area contributed by atoms with Crippen LogP contribution in [0.15, 0.2) is 18.2 Å². The third kappa shape index (κ3) is 2.88. The third-order valence-electron chi connectivity index (χ3n) is 3.46. The van der Waals surface area contributed by atoms with Crippen LogP contribution in [-0.4, -0.2) is 37.0 Å². The number of nitrogens with one attached hydrogen (secondary N) is 1. The minimum absolute atomic E-state index is 0.0296. The lowest BCUT2D eigenvalue weighted by atomic mass is 10.0. The molecule has 1 unspecified atom stereocenters. The zero-order valence-corrected chi connectivity index (χ0v) is 11.3. The number of benzene rings is 1. The van der Waals surface area contributed by atoms with Gasteiger partial charge in [0.05, 0.1) is 4.92 Å². The van der Waals surface area contributed by atoms with Crippen molar-refractivity contribution in [1.29, 1.82) is 0 Å². The van der Waals surface area contributed by atoms with Gasteiger partial charge in [0.2, 0.25) is 0 Å². The molecule has 0 saturated carbocycles. The summed E-state index contributed by atoms with van der Waals surface area (Å²) < 4.78 is 0. The van der Waals surface area contributed by atoms with E-state index in [1.807, 2.05) is 4.90 Å². The maximum absolute atomic E-state index is 11.6. The number of nitro groups is 1. The zero-order valence-electron chi connectivity index (χ0n) is 11.3. The fraction of sp³-hybridized carbons (Fsp3) is 0.462. The fourth-order valence-corrected chi connectivity index (χ4v) is 2.45. The van der Waals surface area contributed by atoms with Gasteiger partial charge in [-0.25, -0.2) is 0 Å². The molecule has 3 N–H and O–H groups in total. The number of carbonyl (C=O) groups is 1. The number of hydrogen-bond donors (Lipinski definition) is 2. The lowest BCUT2D eigenvalue weighted by Crippen LogP contribution is -2.43. The van der Waals surface area contributed by atoms with Crippen LogP contribution in [0.25, 0.3) is 0 Å². The van der Waals surface area contributed by atoms with Crippen molar-refractivity contribution in [3.8, 4) is 0 Å². The summed E-state index contributed by atoms with van der Waals surface area (Å²) in [5.74, 6) is -0.338. The Hall–Kier alpha value is -2.15. The molecule has 0 aromatic heterocycles. The van der Waals surface area contributed by atoms with Gasteiger partial charge in [-0.05, 0) is 25.0 Å². The largest absolute Gasteiger partial charge is 0.364 e. The van der Waals surface area contributed by atoms with E-state index in [0.29, 0.717) is 12.2 Å². The molecule has 1 amide bonds. The topological polar surface area (TPSA) is 102 Å². The highest BCUT2D eigenvalue weighted by molar-refractivity contribution is 5.95. The highest BCUT2D eigenvalue weighted by Gasteiger charge is 2.25. The highest BCUT2D eigenvalue weighted by Crippen LogP contribution is 2.31. The van der Waals surface area contributed by atoms with Crippen LogP contribution >= 0.6 is 0 Å². The van der Waals surface area contributed by atoms with Gasteiger partial charge in [0.1, 0.15) is 5.69 Å². The minimum Gasteiger partial charge on any atom is -0.364 e. The lowest BCUT2D eigenvalue weighted by molar-refractivity contribution is -0.384. The Bertz CT molecular complexity index is 532. The zero-order chi connectivity index (χ0) is 14.7. The van der Waals surface area contributed by atoms with E-state index in [0.717, 1.165) is 19.4 Å². The van der Waals surface area contributed by atoms with E-state index in [4.69, 9.17) is 5.73 Å². The second-order valence-corrected chi connectivity index (χ2v) is 4.89. The van der Waals surface area contributed by atoms with Crippen molar-refractivity contribution in [3.63, 3.8) is 0 Å². The predicted molar refractivity (Wildman–Crippen MR) is 75.9 cm³/mol. The number of nitrogens with two attached hydrogens (primary N) is 1. The van der Waals surface area contributed by atoms with Crippen molar-refractivity contribution >= 4 is 17.3 Å². The number of hydrogen-bond acceptors (Lipinski definition) is 5. The lowest BCUT2D eigenvalue weighted by Gasteiger charge is -2.32. The fourth-order valence-electron chi connectivity index (χ4n) is 2.45. The maximum atomic E-state index is 11.6. The molecule has 1 saturated heterocycles. The Morgan fingerprint density at radius 3 is 2.90 bits per heavy atom. The third-order valence-corrected chi connectivity index (χ3v) is 3.46. The van der Waals surface area contributed by atoms with Crippen LogP contribution < -0.4 is 16.0 Å². The van der Waals surface area contributed by atoms with Crippen molar-refractivity contribution < 1.29 is 9.72 Å². The molecule has 1 aliphatic heterocycles. The van der Waals surface area contributed by atoms with Crippen LogP contribution in [-0.2, 0) is 0 Å². The number of amides is 1. The SMILES string of the molecule is CNC(=O)c1ccc(N2CCCC(N)C2)c([N+](=O)[O-])c1. The second-order valence-electron chi connectivity index (χ2n) is 4.89. The monoisotopic (exact) mass is 278 g/mol. The Morgan fingerprint density at radius 2 is 2.30 bits per heavy atom.